The van der Waals surface area contributed by atoms with Crippen LogP contribution in [-0.2, 0) is 0 Å². The summed E-state index contributed by atoms with van der Waals surface area (Å²) in [5.74, 6) is -0.920. The number of carboxylic acids is 1. The Kier molecular flexibility index (Phi) is 2.80. The zero-order valence-electron chi connectivity index (χ0n) is 7.61. The summed E-state index contributed by atoms with van der Waals surface area (Å²) in [6.07, 6.45) is 3.60. The summed E-state index contributed by atoms with van der Waals surface area (Å²) in [7, 11) is 0. The first-order valence-electron chi connectivity index (χ1n) is 3.98. The summed E-state index contributed by atoms with van der Waals surface area (Å²) in [5.41, 5.74) is 1.67. The van der Waals surface area contributed by atoms with Crippen LogP contribution in [0.15, 0.2) is 18.2 Å². The van der Waals surface area contributed by atoms with Crippen LogP contribution < -0.4 is 0 Å². The summed E-state index contributed by atoms with van der Waals surface area (Å²) < 4.78 is 0. The summed E-state index contributed by atoms with van der Waals surface area (Å²) in [5, 5.41) is 8.75. The maximum Gasteiger partial charge on any atom is 0.335 e. The fraction of sp³-hybridized carbons (Fsp3) is 0.200. The molecule has 13 heavy (non-hydrogen) atoms. The SMILES string of the molecule is C/C=C/c1cc(C(=O)O)cc(C)n1. The Morgan fingerprint density at radius 1 is 1.54 bits per heavy atom. The number of hydrogen-bond donors (Lipinski definition) is 1. The Morgan fingerprint density at radius 2 is 2.23 bits per heavy atom. The zero-order chi connectivity index (χ0) is 9.84. The normalized spacial score (nSPS) is 10.6. The molecular weight excluding hydrogens is 166 g/mol. The number of rotatable bonds is 2. The number of carboxylic acid groups (broad SMARTS) is 1. The number of carbonyl (C=O) groups is 1. The van der Waals surface area contributed by atoms with Gasteiger partial charge in [-0.05, 0) is 32.1 Å². The van der Waals surface area contributed by atoms with Crippen molar-refractivity contribution in [1.82, 2.24) is 4.98 Å². The minimum atomic E-state index is -0.920. The Morgan fingerprint density at radius 3 is 2.77 bits per heavy atom. The van der Waals surface area contributed by atoms with Crippen LogP contribution in [0.2, 0.25) is 0 Å². The zero-order valence-corrected chi connectivity index (χ0v) is 7.61. The molecule has 0 aliphatic rings. The molecule has 0 fully saturated rings. The molecule has 0 amide bonds. The first-order valence-corrected chi connectivity index (χ1v) is 3.98. The van der Waals surface area contributed by atoms with Gasteiger partial charge < -0.3 is 5.11 Å². The molecule has 1 aromatic heterocycles. The monoisotopic (exact) mass is 177 g/mol. The van der Waals surface area contributed by atoms with Crippen molar-refractivity contribution in [2.24, 2.45) is 0 Å². The smallest absolute Gasteiger partial charge is 0.335 e. The largest absolute Gasteiger partial charge is 0.478 e. The van der Waals surface area contributed by atoms with Crippen LogP contribution in [0.5, 0.6) is 0 Å². The summed E-state index contributed by atoms with van der Waals surface area (Å²) in [6, 6.07) is 3.10. The van der Waals surface area contributed by atoms with Gasteiger partial charge in [-0.1, -0.05) is 6.08 Å². The second-order valence-electron chi connectivity index (χ2n) is 2.73. The summed E-state index contributed by atoms with van der Waals surface area (Å²) >= 11 is 0. The van der Waals surface area contributed by atoms with E-state index in [4.69, 9.17) is 5.11 Å². The van der Waals surface area contributed by atoms with Gasteiger partial charge in [0.05, 0.1) is 11.3 Å². The molecule has 3 nitrogen and oxygen atoms in total. The van der Waals surface area contributed by atoms with Gasteiger partial charge in [0.15, 0.2) is 0 Å². The minimum Gasteiger partial charge on any atom is -0.478 e. The summed E-state index contributed by atoms with van der Waals surface area (Å²) in [4.78, 5) is 14.8. The highest BCUT2D eigenvalue weighted by molar-refractivity contribution is 5.88. The van der Waals surface area contributed by atoms with E-state index in [1.807, 2.05) is 13.0 Å². The molecule has 1 aromatic rings. The van der Waals surface area contributed by atoms with E-state index in [0.717, 1.165) is 0 Å². The van der Waals surface area contributed by atoms with Gasteiger partial charge in [0, 0.05) is 5.69 Å². The van der Waals surface area contributed by atoms with Gasteiger partial charge in [0.1, 0.15) is 0 Å². The molecule has 1 heterocycles. The van der Waals surface area contributed by atoms with Crippen molar-refractivity contribution < 1.29 is 9.90 Å². The van der Waals surface area contributed by atoms with Crippen molar-refractivity contribution in [3.63, 3.8) is 0 Å². The molecule has 3 heteroatoms. The fourth-order valence-corrected chi connectivity index (χ4v) is 1.07. The Hall–Kier alpha value is -1.64. The van der Waals surface area contributed by atoms with E-state index in [0.29, 0.717) is 11.4 Å². The molecule has 1 N–H and O–H groups in total. The third kappa shape index (κ3) is 2.40. The molecule has 0 radical (unpaired) electrons. The van der Waals surface area contributed by atoms with Crippen molar-refractivity contribution in [3.8, 4) is 0 Å². The predicted octanol–water partition coefficient (Wildman–Crippen LogP) is 2.12. The number of nitrogens with zero attached hydrogens (tertiary/aromatic N) is 1. The molecule has 0 bridgehead atoms. The molecule has 0 atom stereocenters. The first kappa shape index (κ1) is 9.45. The molecule has 68 valence electrons. The molecule has 1 rings (SSSR count). The predicted molar refractivity (Wildman–Crippen MR) is 50.6 cm³/mol. The van der Waals surface area contributed by atoms with Crippen LogP contribution in [0, 0.1) is 6.92 Å². The number of pyridine rings is 1. The fourth-order valence-electron chi connectivity index (χ4n) is 1.07. The Bertz CT molecular complexity index is 356. The lowest BCUT2D eigenvalue weighted by Crippen LogP contribution is -1.99. The number of hydrogen-bond acceptors (Lipinski definition) is 2. The highest BCUT2D eigenvalue weighted by atomic mass is 16.4. The second kappa shape index (κ2) is 3.85. The van der Waals surface area contributed by atoms with Crippen LogP contribution in [0.3, 0.4) is 0 Å². The lowest BCUT2D eigenvalue weighted by Gasteiger charge is -1.99. The van der Waals surface area contributed by atoms with E-state index in [1.165, 1.54) is 0 Å². The van der Waals surface area contributed by atoms with Crippen molar-refractivity contribution in [3.05, 3.63) is 35.2 Å². The van der Waals surface area contributed by atoms with Gasteiger partial charge in [-0.15, -0.1) is 0 Å². The van der Waals surface area contributed by atoms with Gasteiger partial charge in [-0.2, -0.15) is 0 Å². The average Bonchev–Trinajstić information content (AvgIpc) is 2.03. The standard InChI is InChI=1S/C10H11NO2/c1-3-4-9-6-8(10(12)13)5-7(2)11-9/h3-6H,1-2H3,(H,12,13)/b4-3+. The quantitative estimate of drug-likeness (QED) is 0.752. The van der Waals surface area contributed by atoms with E-state index in [1.54, 1.807) is 25.1 Å². The van der Waals surface area contributed by atoms with Crippen LogP contribution in [0.4, 0.5) is 0 Å². The first-order chi connectivity index (χ1) is 6.13. The van der Waals surface area contributed by atoms with E-state index in [2.05, 4.69) is 4.98 Å². The van der Waals surface area contributed by atoms with Crippen molar-refractivity contribution in [2.75, 3.05) is 0 Å². The summed E-state index contributed by atoms with van der Waals surface area (Å²) in [6.45, 7) is 3.64. The maximum atomic E-state index is 10.7. The molecule has 0 unspecified atom stereocenters. The highest BCUT2D eigenvalue weighted by Gasteiger charge is 2.04. The third-order valence-electron chi connectivity index (χ3n) is 1.56. The van der Waals surface area contributed by atoms with Crippen molar-refractivity contribution in [1.29, 1.82) is 0 Å². The highest BCUT2D eigenvalue weighted by Crippen LogP contribution is 2.07. The molecule has 0 saturated heterocycles. The molecule has 0 saturated carbocycles. The van der Waals surface area contributed by atoms with Gasteiger partial charge >= 0.3 is 5.97 Å². The lowest BCUT2D eigenvalue weighted by molar-refractivity contribution is 0.0696. The second-order valence-corrected chi connectivity index (χ2v) is 2.73. The Balaban J connectivity index is 3.18. The molecular formula is C10H11NO2. The van der Waals surface area contributed by atoms with E-state index >= 15 is 0 Å². The van der Waals surface area contributed by atoms with Gasteiger partial charge in [-0.25, -0.2) is 4.79 Å². The molecule has 0 aliphatic heterocycles. The van der Waals surface area contributed by atoms with E-state index in [9.17, 15) is 4.79 Å². The lowest BCUT2D eigenvalue weighted by atomic mass is 10.2. The number of allylic oxidation sites excluding steroid dienone is 1. The average molecular weight is 177 g/mol. The molecule has 0 spiro atoms. The topological polar surface area (TPSA) is 50.2 Å². The van der Waals surface area contributed by atoms with E-state index < -0.39 is 5.97 Å². The van der Waals surface area contributed by atoms with E-state index in [-0.39, 0.29) is 5.56 Å². The van der Waals surface area contributed by atoms with Crippen molar-refractivity contribution in [2.45, 2.75) is 13.8 Å². The van der Waals surface area contributed by atoms with Gasteiger partial charge in [0.2, 0.25) is 0 Å². The molecule has 0 aliphatic carbocycles. The van der Waals surface area contributed by atoms with Crippen LogP contribution in [0.25, 0.3) is 6.08 Å². The van der Waals surface area contributed by atoms with Gasteiger partial charge in [0.25, 0.3) is 0 Å². The molecule has 0 aromatic carbocycles. The number of aromatic carboxylic acids is 1. The minimum absolute atomic E-state index is 0.278. The van der Waals surface area contributed by atoms with Crippen LogP contribution >= 0.6 is 0 Å². The number of aromatic nitrogens is 1. The maximum absolute atomic E-state index is 10.7. The van der Waals surface area contributed by atoms with Gasteiger partial charge in [-0.3, -0.25) is 4.98 Å². The van der Waals surface area contributed by atoms with Crippen LogP contribution in [0.1, 0.15) is 28.7 Å². The third-order valence-corrected chi connectivity index (χ3v) is 1.56. The van der Waals surface area contributed by atoms with Crippen molar-refractivity contribution >= 4 is 12.0 Å². The Labute approximate surface area is 76.7 Å². The van der Waals surface area contributed by atoms with Crippen LogP contribution in [-0.4, -0.2) is 16.1 Å². The number of aryl methyl sites for hydroxylation is 1.